The molecule has 16 heavy (non-hydrogen) atoms. The number of hydrogen-bond donors (Lipinski definition) is 1. The number of carbonyl (C=O) groups excluding carboxylic acids is 1. The first-order chi connectivity index (χ1) is 7.68. The summed E-state index contributed by atoms with van der Waals surface area (Å²) in [7, 11) is 0. The van der Waals surface area contributed by atoms with Crippen LogP contribution in [0.3, 0.4) is 0 Å². The molecule has 1 N–H and O–H groups in total. The van der Waals surface area contributed by atoms with Gasteiger partial charge in [0, 0.05) is 13.0 Å². The number of ketones is 1. The predicted octanol–water partition coefficient (Wildman–Crippen LogP) is 2.64. The zero-order valence-electron chi connectivity index (χ0n) is 9.38. The highest BCUT2D eigenvalue weighted by atomic mass is 16.5. The van der Waals surface area contributed by atoms with E-state index in [1.54, 1.807) is 6.07 Å². The van der Waals surface area contributed by atoms with Crippen LogP contribution in [0.4, 0.5) is 5.69 Å². The fraction of sp³-hybridized carbons (Fsp3) is 0.308. The minimum Gasteiger partial charge on any atom is -0.489 e. The van der Waals surface area contributed by atoms with Gasteiger partial charge in [0.05, 0.1) is 11.3 Å². The standard InChI is InChI=1S/C13H15NO2/c1-9(2)8-12(15)10-4-3-5-11-13(10)16-7-6-14-11/h3-5,14H,1,6-8H2,2H3. The highest BCUT2D eigenvalue weighted by Gasteiger charge is 2.18. The first-order valence-electron chi connectivity index (χ1n) is 5.36. The number of nitrogens with one attached hydrogen (secondary N) is 1. The Hall–Kier alpha value is -1.77. The van der Waals surface area contributed by atoms with E-state index in [0.29, 0.717) is 24.3 Å². The van der Waals surface area contributed by atoms with Crippen LogP contribution in [0.2, 0.25) is 0 Å². The third-order valence-electron chi connectivity index (χ3n) is 2.44. The van der Waals surface area contributed by atoms with E-state index < -0.39 is 0 Å². The molecule has 0 aromatic heterocycles. The second kappa shape index (κ2) is 4.39. The van der Waals surface area contributed by atoms with E-state index in [1.807, 2.05) is 19.1 Å². The third kappa shape index (κ3) is 2.08. The summed E-state index contributed by atoms with van der Waals surface area (Å²) in [4.78, 5) is 12.0. The monoisotopic (exact) mass is 217 g/mol. The summed E-state index contributed by atoms with van der Waals surface area (Å²) in [5.74, 6) is 0.744. The molecule has 0 saturated heterocycles. The lowest BCUT2D eigenvalue weighted by Crippen LogP contribution is -2.20. The molecular weight excluding hydrogens is 202 g/mol. The van der Waals surface area contributed by atoms with Crippen molar-refractivity contribution < 1.29 is 9.53 Å². The van der Waals surface area contributed by atoms with E-state index >= 15 is 0 Å². The fourth-order valence-corrected chi connectivity index (χ4v) is 1.76. The highest BCUT2D eigenvalue weighted by Crippen LogP contribution is 2.32. The molecule has 2 rings (SSSR count). The Labute approximate surface area is 95.1 Å². The van der Waals surface area contributed by atoms with E-state index in [-0.39, 0.29) is 5.78 Å². The largest absolute Gasteiger partial charge is 0.489 e. The van der Waals surface area contributed by atoms with Crippen molar-refractivity contribution in [2.45, 2.75) is 13.3 Å². The molecule has 1 aliphatic heterocycles. The Kier molecular flexibility index (Phi) is 2.95. The van der Waals surface area contributed by atoms with Gasteiger partial charge in [0.25, 0.3) is 0 Å². The minimum absolute atomic E-state index is 0.0630. The summed E-state index contributed by atoms with van der Waals surface area (Å²) in [6.45, 7) is 6.99. The van der Waals surface area contributed by atoms with Crippen molar-refractivity contribution in [1.29, 1.82) is 0 Å². The van der Waals surface area contributed by atoms with Crippen LogP contribution in [-0.2, 0) is 0 Å². The average Bonchev–Trinajstić information content (AvgIpc) is 2.27. The molecular formula is C13H15NO2. The molecule has 0 fully saturated rings. The number of Topliss-reactive ketones (excluding diaryl/α,β-unsaturated/α-hetero) is 1. The lowest BCUT2D eigenvalue weighted by Gasteiger charge is -2.21. The average molecular weight is 217 g/mol. The number of benzene rings is 1. The number of para-hydroxylation sites is 1. The number of allylic oxidation sites excluding steroid dienone is 1. The van der Waals surface area contributed by atoms with Gasteiger partial charge in [0.2, 0.25) is 0 Å². The molecule has 1 aromatic rings. The van der Waals surface area contributed by atoms with Crippen molar-refractivity contribution >= 4 is 11.5 Å². The Morgan fingerprint density at radius 2 is 2.38 bits per heavy atom. The van der Waals surface area contributed by atoms with Crippen molar-refractivity contribution in [1.82, 2.24) is 0 Å². The van der Waals surface area contributed by atoms with Crippen LogP contribution in [0, 0.1) is 0 Å². The molecule has 0 atom stereocenters. The normalized spacial score (nSPS) is 13.3. The maximum atomic E-state index is 12.0. The fourth-order valence-electron chi connectivity index (χ4n) is 1.76. The molecule has 0 spiro atoms. The molecule has 0 amide bonds. The van der Waals surface area contributed by atoms with Crippen LogP contribution in [0.5, 0.6) is 5.75 Å². The van der Waals surface area contributed by atoms with Gasteiger partial charge < -0.3 is 10.1 Å². The Morgan fingerprint density at radius 3 is 3.12 bits per heavy atom. The van der Waals surface area contributed by atoms with Gasteiger partial charge in [-0.15, -0.1) is 0 Å². The smallest absolute Gasteiger partial charge is 0.170 e. The van der Waals surface area contributed by atoms with Crippen molar-refractivity contribution in [2.75, 3.05) is 18.5 Å². The molecule has 0 radical (unpaired) electrons. The maximum Gasteiger partial charge on any atom is 0.170 e. The van der Waals surface area contributed by atoms with E-state index in [2.05, 4.69) is 11.9 Å². The minimum atomic E-state index is 0.0630. The number of fused-ring (bicyclic) bond motifs is 1. The van der Waals surface area contributed by atoms with E-state index in [9.17, 15) is 4.79 Å². The van der Waals surface area contributed by atoms with Gasteiger partial charge in [-0.1, -0.05) is 18.2 Å². The molecule has 84 valence electrons. The number of carbonyl (C=O) groups is 1. The summed E-state index contributed by atoms with van der Waals surface area (Å²) in [5, 5.41) is 3.21. The van der Waals surface area contributed by atoms with Gasteiger partial charge in [-0.3, -0.25) is 4.79 Å². The Bertz CT molecular complexity index is 438. The zero-order chi connectivity index (χ0) is 11.5. The third-order valence-corrected chi connectivity index (χ3v) is 2.44. The van der Waals surface area contributed by atoms with Crippen LogP contribution in [-0.4, -0.2) is 18.9 Å². The number of ether oxygens (including phenoxy) is 1. The second-order valence-electron chi connectivity index (χ2n) is 4.01. The van der Waals surface area contributed by atoms with Crippen molar-refractivity contribution in [3.63, 3.8) is 0 Å². The van der Waals surface area contributed by atoms with Crippen LogP contribution in [0.1, 0.15) is 23.7 Å². The van der Waals surface area contributed by atoms with Gasteiger partial charge >= 0.3 is 0 Å². The molecule has 3 nitrogen and oxygen atoms in total. The van der Waals surface area contributed by atoms with Crippen LogP contribution in [0.25, 0.3) is 0 Å². The van der Waals surface area contributed by atoms with Crippen LogP contribution in [0.15, 0.2) is 30.4 Å². The number of anilines is 1. The van der Waals surface area contributed by atoms with Crippen molar-refractivity contribution in [3.05, 3.63) is 35.9 Å². The van der Waals surface area contributed by atoms with Gasteiger partial charge in [0.15, 0.2) is 11.5 Å². The van der Waals surface area contributed by atoms with E-state index in [4.69, 9.17) is 4.74 Å². The van der Waals surface area contributed by atoms with Gasteiger partial charge in [-0.25, -0.2) is 0 Å². The maximum absolute atomic E-state index is 12.0. The highest BCUT2D eigenvalue weighted by molar-refractivity contribution is 6.01. The lowest BCUT2D eigenvalue weighted by atomic mass is 10.0. The Morgan fingerprint density at radius 1 is 1.56 bits per heavy atom. The first kappa shape index (κ1) is 10.7. The van der Waals surface area contributed by atoms with Gasteiger partial charge in [0.1, 0.15) is 6.61 Å². The molecule has 0 unspecified atom stereocenters. The number of hydrogen-bond acceptors (Lipinski definition) is 3. The molecule has 0 saturated carbocycles. The quantitative estimate of drug-likeness (QED) is 0.624. The van der Waals surface area contributed by atoms with E-state index in [0.717, 1.165) is 17.8 Å². The summed E-state index contributed by atoms with van der Waals surface area (Å²) >= 11 is 0. The molecule has 3 heteroatoms. The summed E-state index contributed by atoms with van der Waals surface area (Å²) in [5.41, 5.74) is 2.41. The number of rotatable bonds is 3. The lowest BCUT2D eigenvalue weighted by molar-refractivity contribution is 0.0989. The Balaban J connectivity index is 2.33. The van der Waals surface area contributed by atoms with E-state index in [1.165, 1.54) is 0 Å². The SMILES string of the molecule is C=C(C)CC(=O)c1cccc2c1OCCN2. The van der Waals surface area contributed by atoms with Gasteiger partial charge in [-0.05, 0) is 19.1 Å². The summed E-state index contributed by atoms with van der Waals surface area (Å²) < 4.78 is 5.54. The van der Waals surface area contributed by atoms with Gasteiger partial charge in [-0.2, -0.15) is 0 Å². The second-order valence-corrected chi connectivity index (χ2v) is 4.01. The molecule has 1 aromatic carbocycles. The topological polar surface area (TPSA) is 38.3 Å². The van der Waals surface area contributed by atoms with Crippen LogP contribution >= 0.6 is 0 Å². The van der Waals surface area contributed by atoms with Crippen LogP contribution < -0.4 is 10.1 Å². The summed E-state index contributed by atoms with van der Waals surface area (Å²) in [6, 6.07) is 5.59. The van der Waals surface area contributed by atoms with Crippen molar-refractivity contribution in [3.8, 4) is 5.75 Å². The zero-order valence-corrected chi connectivity index (χ0v) is 9.38. The molecule has 0 bridgehead atoms. The molecule has 1 heterocycles. The first-order valence-corrected chi connectivity index (χ1v) is 5.36. The van der Waals surface area contributed by atoms with Crippen molar-refractivity contribution in [2.24, 2.45) is 0 Å². The molecule has 0 aliphatic carbocycles. The summed E-state index contributed by atoms with van der Waals surface area (Å²) in [6.07, 6.45) is 0.375. The molecule has 1 aliphatic rings. The predicted molar refractivity (Wildman–Crippen MR) is 64.2 cm³/mol.